The first-order valence-electron chi connectivity index (χ1n) is 8.11. The molecule has 4 nitrogen and oxygen atoms in total. The molecule has 0 saturated carbocycles. The molecule has 1 aromatic rings. The average Bonchev–Trinajstić information content (AvgIpc) is 3.12. The molecule has 0 spiro atoms. The summed E-state index contributed by atoms with van der Waals surface area (Å²) in [5, 5.41) is 0. The molecule has 1 unspecified atom stereocenters. The highest BCUT2D eigenvalue weighted by molar-refractivity contribution is 5.98. The Morgan fingerprint density at radius 1 is 1.42 bits per heavy atom. The Morgan fingerprint density at radius 3 is 2.75 bits per heavy atom. The summed E-state index contributed by atoms with van der Waals surface area (Å²) in [5.41, 5.74) is 9.81. The van der Waals surface area contributed by atoms with Gasteiger partial charge in [0.15, 0.2) is 0 Å². The maximum absolute atomic E-state index is 15.0. The summed E-state index contributed by atoms with van der Waals surface area (Å²) in [4.78, 5) is 25.5. The number of hydrogen-bond acceptors (Lipinski definition) is 2. The summed E-state index contributed by atoms with van der Waals surface area (Å²) in [6.07, 6.45) is 3.37. The molecule has 2 aliphatic rings. The fourth-order valence-electron chi connectivity index (χ4n) is 3.92. The zero-order chi connectivity index (χ0) is 17.6. The van der Waals surface area contributed by atoms with Crippen LogP contribution in [0.25, 0.3) is 5.57 Å². The second kappa shape index (κ2) is 5.89. The van der Waals surface area contributed by atoms with Crippen LogP contribution in [0.4, 0.5) is 4.39 Å². The summed E-state index contributed by atoms with van der Waals surface area (Å²) in [6.45, 7) is 8.03. The second-order valence-corrected chi connectivity index (χ2v) is 6.51. The Labute approximate surface area is 140 Å². The highest BCUT2D eigenvalue weighted by Gasteiger charge is 2.36. The van der Waals surface area contributed by atoms with E-state index < -0.39 is 11.7 Å². The van der Waals surface area contributed by atoms with E-state index in [4.69, 9.17) is 5.73 Å². The monoisotopic (exact) mass is 328 g/mol. The minimum Gasteiger partial charge on any atom is -0.366 e. The number of rotatable bonds is 3. The van der Waals surface area contributed by atoms with Crippen LogP contribution in [0.1, 0.15) is 59.8 Å². The molecule has 24 heavy (non-hydrogen) atoms. The predicted octanol–water partition coefficient (Wildman–Crippen LogP) is 3.12. The Bertz CT molecular complexity index is 795. The zero-order valence-corrected chi connectivity index (χ0v) is 14.0. The van der Waals surface area contributed by atoms with Crippen molar-refractivity contribution in [1.82, 2.24) is 4.90 Å². The fraction of sp³-hybridized carbons (Fsp3) is 0.368. The first-order valence-corrected chi connectivity index (χ1v) is 8.11. The third-order valence-electron chi connectivity index (χ3n) is 5.19. The van der Waals surface area contributed by atoms with E-state index in [0.29, 0.717) is 24.9 Å². The molecule has 1 heterocycles. The van der Waals surface area contributed by atoms with E-state index in [0.717, 1.165) is 28.7 Å². The van der Waals surface area contributed by atoms with Crippen LogP contribution in [0.5, 0.6) is 0 Å². The fourth-order valence-corrected chi connectivity index (χ4v) is 3.92. The van der Waals surface area contributed by atoms with E-state index in [9.17, 15) is 14.0 Å². The van der Waals surface area contributed by atoms with Crippen LogP contribution in [-0.4, -0.2) is 23.3 Å². The van der Waals surface area contributed by atoms with Crippen molar-refractivity contribution in [2.45, 2.75) is 39.2 Å². The SMILES string of the molecule is C=CC(=O)N1CCCC1c1c(F)cc(C(N)=O)c2c1C(C)=C(C)C2. The van der Waals surface area contributed by atoms with Gasteiger partial charge in [-0.05, 0) is 62.0 Å². The lowest BCUT2D eigenvalue weighted by atomic mass is 9.89. The smallest absolute Gasteiger partial charge is 0.249 e. The molecule has 1 aliphatic carbocycles. The molecule has 3 rings (SSSR count). The first-order chi connectivity index (χ1) is 11.4. The van der Waals surface area contributed by atoms with Crippen molar-refractivity contribution in [1.29, 1.82) is 0 Å². The van der Waals surface area contributed by atoms with Crippen molar-refractivity contribution in [3.63, 3.8) is 0 Å². The molecule has 5 heteroatoms. The summed E-state index contributed by atoms with van der Waals surface area (Å²) >= 11 is 0. The van der Waals surface area contributed by atoms with Crippen LogP contribution >= 0.6 is 0 Å². The highest BCUT2D eigenvalue weighted by atomic mass is 19.1. The topological polar surface area (TPSA) is 63.4 Å². The Morgan fingerprint density at radius 2 is 2.12 bits per heavy atom. The number of carbonyl (C=O) groups excluding carboxylic acids is 2. The van der Waals surface area contributed by atoms with Gasteiger partial charge in [-0.25, -0.2) is 4.39 Å². The molecule has 1 aliphatic heterocycles. The number of amides is 2. The Balaban J connectivity index is 2.23. The number of carbonyl (C=O) groups is 2. The van der Waals surface area contributed by atoms with Gasteiger partial charge in [-0.3, -0.25) is 9.59 Å². The second-order valence-electron chi connectivity index (χ2n) is 6.51. The number of nitrogens with zero attached hydrogens (tertiary/aromatic N) is 1. The molecular weight excluding hydrogens is 307 g/mol. The highest BCUT2D eigenvalue weighted by Crippen LogP contribution is 2.44. The quantitative estimate of drug-likeness (QED) is 0.867. The van der Waals surface area contributed by atoms with Gasteiger partial charge < -0.3 is 10.6 Å². The summed E-state index contributed by atoms with van der Waals surface area (Å²) in [7, 11) is 0. The van der Waals surface area contributed by atoms with Crippen LogP contribution in [0.15, 0.2) is 24.3 Å². The number of hydrogen-bond donors (Lipinski definition) is 1. The average molecular weight is 328 g/mol. The van der Waals surface area contributed by atoms with Crippen LogP contribution < -0.4 is 5.73 Å². The van der Waals surface area contributed by atoms with Crippen LogP contribution in [0, 0.1) is 5.82 Å². The Hall–Kier alpha value is -2.43. The number of allylic oxidation sites excluding steroid dienone is 2. The minimum absolute atomic E-state index is 0.194. The molecule has 0 radical (unpaired) electrons. The minimum atomic E-state index is -0.621. The molecule has 2 amide bonds. The summed E-state index contributed by atoms with van der Waals surface area (Å²) in [6, 6.07) is 0.907. The molecule has 1 aromatic carbocycles. The predicted molar refractivity (Wildman–Crippen MR) is 90.8 cm³/mol. The maximum Gasteiger partial charge on any atom is 0.249 e. The van der Waals surface area contributed by atoms with E-state index in [1.165, 1.54) is 12.1 Å². The van der Waals surface area contributed by atoms with Gasteiger partial charge in [0, 0.05) is 17.7 Å². The number of primary amides is 1. The lowest BCUT2D eigenvalue weighted by Gasteiger charge is -2.27. The van der Waals surface area contributed by atoms with E-state index in [1.54, 1.807) is 4.90 Å². The number of fused-ring (bicyclic) bond motifs is 1. The van der Waals surface area contributed by atoms with Crippen molar-refractivity contribution in [2.24, 2.45) is 5.73 Å². The van der Waals surface area contributed by atoms with Crippen molar-refractivity contribution in [3.05, 3.63) is 52.4 Å². The first kappa shape index (κ1) is 16.4. The molecular formula is C19H21FN2O2. The van der Waals surface area contributed by atoms with Gasteiger partial charge >= 0.3 is 0 Å². The van der Waals surface area contributed by atoms with Gasteiger partial charge in [-0.1, -0.05) is 12.2 Å². The molecule has 1 saturated heterocycles. The summed E-state index contributed by atoms with van der Waals surface area (Å²) < 4.78 is 15.0. The van der Waals surface area contributed by atoms with Crippen molar-refractivity contribution >= 4 is 17.4 Å². The number of benzene rings is 1. The number of nitrogens with two attached hydrogens (primary N) is 1. The van der Waals surface area contributed by atoms with Crippen molar-refractivity contribution in [2.75, 3.05) is 6.54 Å². The standard InChI is InChI=1S/C19H21FN2O2/c1-4-16(23)22-7-5-6-15(22)18-14(20)9-13(19(21)24)12-8-10(2)11(3)17(12)18/h4,9,15H,1,5-8H2,2-3H3,(H2,21,24). The molecule has 0 bridgehead atoms. The van der Waals surface area contributed by atoms with Crippen LogP contribution in [0.3, 0.4) is 0 Å². The van der Waals surface area contributed by atoms with Crippen molar-refractivity contribution < 1.29 is 14.0 Å². The number of halogens is 1. The molecule has 2 N–H and O–H groups in total. The third-order valence-corrected chi connectivity index (χ3v) is 5.19. The Kier molecular flexibility index (Phi) is 4.03. The lowest BCUT2D eigenvalue weighted by molar-refractivity contribution is -0.126. The molecule has 1 atom stereocenters. The van der Waals surface area contributed by atoms with E-state index >= 15 is 0 Å². The molecule has 0 aromatic heterocycles. The van der Waals surface area contributed by atoms with E-state index in [2.05, 4.69) is 6.58 Å². The van der Waals surface area contributed by atoms with Crippen LogP contribution in [-0.2, 0) is 11.2 Å². The van der Waals surface area contributed by atoms with Gasteiger partial charge in [-0.2, -0.15) is 0 Å². The van der Waals surface area contributed by atoms with E-state index in [-0.39, 0.29) is 17.5 Å². The normalized spacial score (nSPS) is 19.6. The lowest BCUT2D eigenvalue weighted by Crippen LogP contribution is -2.30. The van der Waals surface area contributed by atoms with Gasteiger partial charge in [-0.15, -0.1) is 0 Å². The van der Waals surface area contributed by atoms with Crippen LogP contribution in [0.2, 0.25) is 0 Å². The van der Waals surface area contributed by atoms with Gasteiger partial charge in [0.25, 0.3) is 0 Å². The molecule has 126 valence electrons. The number of likely N-dealkylation sites (tertiary alicyclic amines) is 1. The molecule has 1 fully saturated rings. The van der Waals surface area contributed by atoms with Crippen molar-refractivity contribution in [3.8, 4) is 0 Å². The van der Waals surface area contributed by atoms with E-state index in [1.807, 2.05) is 13.8 Å². The van der Waals surface area contributed by atoms with Gasteiger partial charge in [0.2, 0.25) is 11.8 Å². The largest absolute Gasteiger partial charge is 0.366 e. The maximum atomic E-state index is 15.0. The van der Waals surface area contributed by atoms with Gasteiger partial charge in [0.1, 0.15) is 5.82 Å². The zero-order valence-electron chi connectivity index (χ0n) is 14.0. The summed E-state index contributed by atoms with van der Waals surface area (Å²) in [5.74, 6) is -1.28. The van der Waals surface area contributed by atoms with Gasteiger partial charge in [0.05, 0.1) is 6.04 Å². The third kappa shape index (κ3) is 2.35.